The maximum absolute atomic E-state index is 12.9. The molecular formula is C20H26N4O3. The number of carbonyl (C=O) groups excluding carboxylic acids is 1. The third-order valence-electron chi connectivity index (χ3n) is 5.57. The van der Waals surface area contributed by atoms with Crippen molar-refractivity contribution in [3.63, 3.8) is 0 Å². The van der Waals surface area contributed by atoms with Crippen LogP contribution in [0.25, 0.3) is 11.3 Å². The van der Waals surface area contributed by atoms with Crippen LogP contribution >= 0.6 is 0 Å². The number of aromatic amines is 1. The zero-order valence-corrected chi connectivity index (χ0v) is 15.4. The number of likely N-dealkylation sites (tertiary alicyclic amines) is 1. The number of rotatable bonds is 5. The lowest BCUT2D eigenvalue weighted by molar-refractivity contribution is 0.0264. The van der Waals surface area contributed by atoms with Crippen LogP contribution in [0.4, 0.5) is 0 Å². The molecule has 0 unspecified atom stereocenters. The Kier molecular flexibility index (Phi) is 5.52. The van der Waals surface area contributed by atoms with Crippen LogP contribution in [0, 0.1) is 11.8 Å². The van der Waals surface area contributed by atoms with Gasteiger partial charge in [-0.05, 0) is 12.0 Å². The molecule has 27 heavy (non-hydrogen) atoms. The van der Waals surface area contributed by atoms with Crippen LogP contribution in [0.15, 0.2) is 36.4 Å². The van der Waals surface area contributed by atoms with Crippen molar-refractivity contribution in [2.24, 2.45) is 11.8 Å². The van der Waals surface area contributed by atoms with E-state index in [1.165, 1.54) is 0 Å². The average Bonchev–Trinajstić information content (AvgIpc) is 3.36. The molecule has 0 radical (unpaired) electrons. The SMILES string of the molecule is O=C(c1cc(-c2ccccc2)n[nH]1)N1C[C@@H](CN2CCOCC2)[C@@H](CO)C1. The highest BCUT2D eigenvalue weighted by atomic mass is 16.5. The average molecular weight is 370 g/mol. The van der Waals surface area contributed by atoms with Crippen LogP contribution in [-0.2, 0) is 4.74 Å². The van der Waals surface area contributed by atoms with Crippen LogP contribution in [0.2, 0.25) is 0 Å². The number of hydrogen-bond acceptors (Lipinski definition) is 5. The van der Waals surface area contributed by atoms with Gasteiger partial charge in [0, 0.05) is 50.8 Å². The van der Waals surface area contributed by atoms with Crippen molar-refractivity contribution in [3.05, 3.63) is 42.1 Å². The van der Waals surface area contributed by atoms with Gasteiger partial charge in [0.1, 0.15) is 5.69 Å². The summed E-state index contributed by atoms with van der Waals surface area (Å²) in [7, 11) is 0. The number of aliphatic hydroxyl groups is 1. The second-order valence-electron chi connectivity index (χ2n) is 7.36. The Morgan fingerprint density at radius 1 is 1.19 bits per heavy atom. The predicted octanol–water partition coefficient (Wildman–Crippen LogP) is 1.09. The van der Waals surface area contributed by atoms with Crippen LogP contribution in [0.5, 0.6) is 0 Å². The highest BCUT2D eigenvalue weighted by Gasteiger charge is 2.36. The number of H-pyrrole nitrogens is 1. The van der Waals surface area contributed by atoms with Crippen molar-refractivity contribution in [3.8, 4) is 11.3 Å². The molecule has 0 aliphatic carbocycles. The number of nitrogens with zero attached hydrogens (tertiary/aromatic N) is 3. The fourth-order valence-electron chi connectivity index (χ4n) is 3.99. The van der Waals surface area contributed by atoms with Gasteiger partial charge in [0.25, 0.3) is 5.91 Å². The van der Waals surface area contributed by atoms with Crippen LogP contribution in [0.3, 0.4) is 0 Å². The highest BCUT2D eigenvalue weighted by molar-refractivity contribution is 5.93. The summed E-state index contributed by atoms with van der Waals surface area (Å²) in [5.41, 5.74) is 2.24. The van der Waals surface area contributed by atoms with Crippen molar-refractivity contribution in [2.45, 2.75) is 0 Å². The van der Waals surface area contributed by atoms with E-state index in [1.54, 1.807) is 6.07 Å². The summed E-state index contributed by atoms with van der Waals surface area (Å²) in [4.78, 5) is 17.1. The second-order valence-corrected chi connectivity index (χ2v) is 7.36. The smallest absolute Gasteiger partial charge is 0.271 e. The maximum atomic E-state index is 12.9. The Balaban J connectivity index is 1.42. The lowest BCUT2D eigenvalue weighted by Crippen LogP contribution is -2.41. The molecule has 2 aliphatic rings. The van der Waals surface area contributed by atoms with Gasteiger partial charge in [0.05, 0.1) is 18.9 Å². The van der Waals surface area contributed by atoms with Gasteiger partial charge in [0.15, 0.2) is 0 Å². The minimum atomic E-state index is -0.0485. The van der Waals surface area contributed by atoms with Crippen molar-refractivity contribution < 1.29 is 14.6 Å². The number of ether oxygens (including phenoxy) is 1. The number of hydrogen-bond donors (Lipinski definition) is 2. The fourth-order valence-corrected chi connectivity index (χ4v) is 3.99. The molecule has 2 fully saturated rings. The molecule has 2 aliphatic heterocycles. The molecule has 1 aromatic carbocycles. The zero-order chi connectivity index (χ0) is 18.6. The van der Waals surface area contributed by atoms with Crippen molar-refractivity contribution >= 4 is 5.91 Å². The van der Waals surface area contributed by atoms with Gasteiger partial charge in [-0.25, -0.2) is 0 Å². The molecule has 1 aromatic heterocycles. The predicted molar refractivity (Wildman–Crippen MR) is 101 cm³/mol. The summed E-state index contributed by atoms with van der Waals surface area (Å²) >= 11 is 0. The Hall–Kier alpha value is -2.22. The quantitative estimate of drug-likeness (QED) is 0.823. The number of benzene rings is 1. The van der Waals surface area contributed by atoms with Crippen molar-refractivity contribution in [1.29, 1.82) is 0 Å². The molecule has 0 spiro atoms. The first-order chi connectivity index (χ1) is 13.2. The molecule has 2 atom stereocenters. The number of carbonyl (C=O) groups is 1. The minimum absolute atomic E-state index is 0.0485. The van der Waals surface area contributed by atoms with E-state index >= 15 is 0 Å². The Labute approximate surface area is 158 Å². The van der Waals surface area contributed by atoms with Crippen LogP contribution in [0.1, 0.15) is 10.5 Å². The molecule has 7 nitrogen and oxygen atoms in total. The van der Waals surface area contributed by atoms with Gasteiger partial charge in [-0.15, -0.1) is 0 Å². The molecule has 2 aromatic rings. The lowest BCUT2D eigenvalue weighted by Gasteiger charge is -2.30. The van der Waals surface area contributed by atoms with E-state index in [4.69, 9.17) is 4.74 Å². The summed E-state index contributed by atoms with van der Waals surface area (Å²) in [6, 6.07) is 11.6. The lowest BCUT2D eigenvalue weighted by atomic mass is 9.96. The first-order valence-electron chi connectivity index (χ1n) is 9.55. The monoisotopic (exact) mass is 370 g/mol. The van der Waals surface area contributed by atoms with Gasteiger partial charge >= 0.3 is 0 Å². The molecular weight excluding hydrogens is 344 g/mol. The van der Waals surface area contributed by atoms with Crippen LogP contribution < -0.4 is 0 Å². The van der Waals surface area contributed by atoms with E-state index in [0.29, 0.717) is 18.8 Å². The van der Waals surface area contributed by atoms with Crippen molar-refractivity contribution in [2.75, 3.05) is 52.5 Å². The molecule has 1 amide bonds. The summed E-state index contributed by atoms with van der Waals surface area (Å²) in [5, 5.41) is 17.0. The number of amides is 1. The summed E-state index contributed by atoms with van der Waals surface area (Å²) in [6.45, 7) is 5.62. The molecule has 3 heterocycles. The molecule has 0 saturated carbocycles. The number of aromatic nitrogens is 2. The van der Waals surface area contributed by atoms with Crippen molar-refractivity contribution in [1.82, 2.24) is 20.0 Å². The number of morpholine rings is 1. The molecule has 4 rings (SSSR count). The largest absolute Gasteiger partial charge is 0.396 e. The van der Waals surface area contributed by atoms with Gasteiger partial charge in [-0.1, -0.05) is 30.3 Å². The second kappa shape index (κ2) is 8.21. The van der Waals surface area contributed by atoms with Gasteiger partial charge in [-0.3, -0.25) is 14.8 Å². The van der Waals surface area contributed by atoms with E-state index in [9.17, 15) is 9.90 Å². The van der Waals surface area contributed by atoms with Gasteiger partial charge in [-0.2, -0.15) is 5.10 Å². The number of aliphatic hydroxyl groups excluding tert-OH is 1. The van der Waals surface area contributed by atoms with E-state index in [1.807, 2.05) is 35.2 Å². The zero-order valence-electron chi connectivity index (χ0n) is 15.4. The summed E-state index contributed by atoms with van der Waals surface area (Å²) < 4.78 is 5.41. The Morgan fingerprint density at radius 2 is 1.93 bits per heavy atom. The first kappa shape index (κ1) is 18.2. The molecule has 2 saturated heterocycles. The number of nitrogens with one attached hydrogen (secondary N) is 1. The van der Waals surface area contributed by atoms with E-state index < -0.39 is 0 Å². The molecule has 7 heteroatoms. The molecule has 2 N–H and O–H groups in total. The normalized spacial score (nSPS) is 23.7. The minimum Gasteiger partial charge on any atom is -0.396 e. The highest BCUT2D eigenvalue weighted by Crippen LogP contribution is 2.26. The van der Waals surface area contributed by atoms with E-state index in [-0.39, 0.29) is 24.3 Å². The molecule has 144 valence electrons. The maximum Gasteiger partial charge on any atom is 0.271 e. The topological polar surface area (TPSA) is 81.7 Å². The van der Waals surface area contributed by atoms with Crippen LogP contribution in [-0.4, -0.2) is 83.6 Å². The first-order valence-corrected chi connectivity index (χ1v) is 9.55. The van der Waals surface area contributed by atoms with E-state index in [2.05, 4.69) is 15.1 Å². The van der Waals surface area contributed by atoms with Gasteiger partial charge in [0.2, 0.25) is 0 Å². The molecule has 0 bridgehead atoms. The third kappa shape index (κ3) is 4.05. The third-order valence-corrected chi connectivity index (χ3v) is 5.57. The standard InChI is InChI=1S/C20H26N4O3/c25-14-17-13-24(12-16(17)11-23-6-8-27-9-7-23)20(26)19-10-18(21-22-19)15-4-2-1-3-5-15/h1-5,10,16-17,25H,6-9,11-14H2,(H,21,22)/t16-,17-/m1/s1. The van der Waals surface area contributed by atoms with E-state index in [0.717, 1.165) is 44.1 Å². The van der Waals surface area contributed by atoms with Gasteiger partial charge < -0.3 is 14.7 Å². The fraction of sp³-hybridized carbons (Fsp3) is 0.500. The Bertz CT molecular complexity index is 758. The summed E-state index contributed by atoms with van der Waals surface area (Å²) in [6.07, 6.45) is 0. The summed E-state index contributed by atoms with van der Waals surface area (Å²) in [5.74, 6) is 0.356. The Morgan fingerprint density at radius 3 is 2.67 bits per heavy atom.